The van der Waals surface area contributed by atoms with Crippen LogP contribution in [0.15, 0.2) is 36.5 Å². The molecular weight excluding hydrogens is 375 g/mol. The van der Waals surface area contributed by atoms with E-state index in [0.717, 1.165) is 37.1 Å². The standard InChI is InChI=1S/C21H27FN4O3/c1-28-19-4-3-16(11-18(19)22)14-26-9-6-17(7-10-26)25-21(27)24-13-15-5-8-23-20(12-15)29-2/h3-5,8,11-12,17H,6-7,9-10,13-14H2,1-2H3,(H2,24,25,27). The minimum absolute atomic E-state index is 0.130. The second kappa shape index (κ2) is 10.1. The SMILES string of the molecule is COc1cc(CNC(=O)NC2CCN(Cc3ccc(OC)c(F)c3)CC2)ccn1. The lowest BCUT2D eigenvalue weighted by Crippen LogP contribution is -2.47. The van der Waals surface area contributed by atoms with E-state index in [1.165, 1.54) is 13.2 Å². The number of halogens is 1. The van der Waals surface area contributed by atoms with E-state index >= 15 is 0 Å². The predicted molar refractivity (Wildman–Crippen MR) is 107 cm³/mol. The summed E-state index contributed by atoms with van der Waals surface area (Å²) in [5, 5.41) is 5.89. The summed E-state index contributed by atoms with van der Waals surface area (Å²) in [5.41, 5.74) is 1.84. The molecule has 0 bridgehead atoms. The number of piperidine rings is 1. The first kappa shape index (κ1) is 20.9. The number of carbonyl (C=O) groups excluding carboxylic acids is 1. The van der Waals surface area contributed by atoms with E-state index in [9.17, 15) is 9.18 Å². The number of urea groups is 1. The minimum Gasteiger partial charge on any atom is -0.494 e. The molecular formula is C21H27FN4O3. The average Bonchev–Trinajstić information content (AvgIpc) is 2.74. The van der Waals surface area contributed by atoms with Crippen LogP contribution >= 0.6 is 0 Å². The zero-order chi connectivity index (χ0) is 20.6. The number of hydrogen-bond acceptors (Lipinski definition) is 5. The number of nitrogens with one attached hydrogen (secondary N) is 2. The van der Waals surface area contributed by atoms with Crippen molar-refractivity contribution in [2.45, 2.75) is 32.0 Å². The number of aromatic nitrogens is 1. The molecule has 2 amide bonds. The molecule has 1 aromatic carbocycles. The smallest absolute Gasteiger partial charge is 0.315 e. The molecule has 8 heteroatoms. The Hall–Kier alpha value is -2.87. The van der Waals surface area contributed by atoms with Gasteiger partial charge in [0.25, 0.3) is 0 Å². The topological polar surface area (TPSA) is 75.7 Å². The van der Waals surface area contributed by atoms with Gasteiger partial charge in [-0.2, -0.15) is 0 Å². The number of methoxy groups -OCH3 is 2. The molecule has 0 atom stereocenters. The highest BCUT2D eigenvalue weighted by Crippen LogP contribution is 2.20. The second-order valence-corrected chi connectivity index (χ2v) is 7.05. The van der Waals surface area contributed by atoms with Gasteiger partial charge in [0.2, 0.25) is 5.88 Å². The van der Waals surface area contributed by atoms with Crippen LogP contribution in [0.2, 0.25) is 0 Å². The number of likely N-dealkylation sites (tertiary alicyclic amines) is 1. The summed E-state index contributed by atoms with van der Waals surface area (Å²) in [6, 6.07) is 8.63. The van der Waals surface area contributed by atoms with Crippen molar-refractivity contribution in [3.05, 3.63) is 53.5 Å². The summed E-state index contributed by atoms with van der Waals surface area (Å²) >= 11 is 0. The Morgan fingerprint density at radius 2 is 1.97 bits per heavy atom. The van der Waals surface area contributed by atoms with Crippen molar-refractivity contribution in [2.24, 2.45) is 0 Å². The van der Waals surface area contributed by atoms with E-state index in [1.807, 2.05) is 12.1 Å². The van der Waals surface area contributed by atoms with Crippen molar-refractivity contribution < 1.29 is 18.7 Å². The Morgan fingerprint density at radius 3 is 2.66 bits per heavy atom. The van der Waals surface area contributed by atoms with Gasteiger partial charge < -0.3 is 20.1 Å². The fourth-order valence-electron chi connectivity index (χ4n) is 3.39. The Balaban J connectivity index is 1.40. The van der Waals surface area contributed by atoms with E-state index in [-0.39, 0.29) is 23.6 Å². The maximum atomic E-state index is 13.8. The molecule has 0 unspecified atom stereocenters. The predicted octanol–water partition coefficient (Wildman–Crippen LogP) is 2.70. The van der Waals surface area contributed by atoms with Crippen LogP contribution in [0.4, 0.5) is 9.18 Å². The molecule has 0 saturated carbocycles. The van der Waals surface area contributed by atoms with E-state index in [1.54, 1.807) is 25.4 Å². The number of pyridine rings is 1. The van der Waals surface area contributed by atoms with Crippen LogP contribution in [-0.2, 0) is 13.1 Å². The van der Waals surface area contributed by atoms with Crippen LogP contribution in [0.25, 0.3) is 0 Å². The van der Waals surface area contributed by atoms with Crippen molar-refractivity contribution in [3.63, 3.8) is 0 Å². The highest BCUT2D eigenvalue weighted by atomic mass is 19.1. The normalized spacial score (nSPS) is 15.0. The Labute approximate surface area is 170 Å². The largest absolute Gasteiger partial charge is 0.494 e. The van der Waals surface area contributed by atoms with Crippen molar-refractivity contribution in [1.82, 2.24) is 20.5 Å². The molecule has 7 nitrogen and oxygen atoms in total. The zero-order valence-corrected chi connectivity index (χ0v) is 16.8. The Morgan fingerprint density at radius 1 is 1.17 bits per heavy atom. The quantitative estimate of drug-likeness (QED) is 0.745. The average molecular weight is 402 g/mol. The van der Waals surface area contributed by atoms with Gasteiger partial charge in [0.05, 0.1) is 14.2 Å². The van der Waals surface area contributed by atoms with Crippen molar-refractivity contribution >= 4 is 6.03 Å². The lowest BCUT2D eigenvalue weighted by atomic mass is 10.0. The van der Waals surface area contributed by atoms with E-state index < -0.39 is 0 Å². The maximum Gasteiger partial charge on any atom is 0.315 e. The molecule has 1 aromatic heterocycles. The number of ether oxygens (including phenoxy) is 2. The number of amides is 2. The van der Waals surface area contributed by atoms with E-state index in [0.29, 0.717) is 19.0 Å². The van der Waals surface area contributed by atoms with Crippen LogP contribution in [0.1, 0.15) is 24.0 Å². The number of rotatable bonds is 7. The first-order valence-corrected chi connectivity index (χ1v) is 9.65. The molecule has 1 saturated heterocycles. The molecule has 2 N–H and O–H groups in total. The molecule has 156 valence electrons. The van der Waals surface area contributed by atoms with Gasteiger partial charge in [0, 0.05) is 44.5 Å². The van der Waals surface area contributed by atoms with Gasteiger partial charge in [-0.25, -0.2) is 14.2 Å². The lowest BCUT2D eigenvalue weighted by molar-refractivity contribution is 0.186. The van der Waals surface area contributed by atoms with Gasteiger partial charge in [0.1, 0.15) is 0 Å². The van der Waals surface area contributed by atoms with Gasteiger partial charge in [-0.05, 0) is 42.2 Å². The minimum atomic E-state index is -0.343. The number of benzene rings is 1. The third-order valence-electron chi connectivity index (χ3n) is 5.01. The molecule has 29 heavy (non-hydrogen) atoms. The monoisotopic (exact) mass is 402 g/mol. The van der Waals surface area contributed by atoms with Crippen LogP contribution in [0, 0.1) is 5.82 Å². The van der Waals surface area contributed by atoms with Crippen molar-refractivity contribution in [1.29, 1.82) is 0 Å². The molecule has 0 radical (unpaired) electrons. The fraction of sp³-hybridized carbons (Fsp3) is 0.429. The number of hydrogen-bond donors (Lipinski definition) is 2. The van der Waals surface area contributed by atoms with Crippen LogP contribution in [-0.4, -0.2) is 49.3 Å². The van der Waals surface area contributed by atoms with Gasteiger partial charge in [-0.3, -0.25) is 4.90 Å². The van der Waals surface area contributed by atoms with Crippen molar-refractivity contribution in [3.8, 4) is 11.6 Å². The summed E-state index contributed by atoms with van der Waals surface area (Å²) in [4.78, 5) is 18.5. The van der Waals surface area contributed by atoms with Gasteiger partial charge >= 0.3 is 6.03 Å². The molecule has 1 aliphatic rings. The summed E-state index contributed by atoms with van der Waals surface area (Å²) < 4.78 is 23.9. The Kier molecular flexibility index (Phi) is 7.24. The highest BCUT2D eigenvalue weighted by Gasteiger charge is 2.21. The van der Waals surface area contributed by atoms with E-state index in [4.69, 9.17) is 9.47 Å². The third-order valence-corrected chi connectivity index (χ3v) is 5.01. The zero-order valence-electron chi connectivity index (χ0n) is 16.8. The first-order chi connectivity index (χ1) is 14.1. The third kappa shape index (κ3) is 6.05. The Bertz CT molecular complexity index is 825. The molecule has 1 fully saturated rings. The lowest BCUT2D eigenvalue weighted by Gasteiger charge is -2.32. The molecule has 0 aliphatic carbocycles. The molecule has 0 spiro atoms. The fourth-order valence-corrected chi connectivity index (χ4v) is 3.39. The molecule has 2 aromatic rings. The number of carbonyl (C=O) groups is 1. The molecule has 1 aliphatic heterocycles. The maximum absolute atomic E-state index is 13.8. The van der Waals surface area contributed by atoms with Crippen LogP contribution in [0.5, 0.6) is 11.6 Å². The molecule has 3 rings (SSSR count). The summed E-state index contributed by atoms with van der Waals surface area (Å²) in [6.45, 7) is 2.79. The van der Waals surface area contributed by atoms with E-state index in [2.05, 4.69) is 20.5 Å². The van der Waals surface area contributed by atoms with Gasteiger partial charge in [0.15, 0.2) is 11.6 Å². The van der Waals surface area contributed by atoms with Crippen LogP contribution in [0.3, 0.4) is 0 Å². The summed E-state index contributed by atoms with van der Waals surface area (Å²) in [6.07, 6.45) is 3.36. The molecule has 2 heterocycles. The highest BCUT2D eigenvalue weighted by molar-refractivity contribution is 5.74. The van der Waals surface area contributed by atoms with Crippen molar-refractivity contribution in [2.75, 3.05) is 27.3 Å². The number of nitrogens with zero attached hydrogens (tertiary/aromatic N) is 2. The van der Waals surface area contributed by atoms with Gasteiger partial charge in [-0.15, -0.1) is 0 Å². The summed E-state index contributed by atoms with van der Waals surface area (Å²) in [5.74, 6) is 0.437. The first-order valence-electron chi connectivity index (χ1n) is 9.65. The van der Waals surface area contributed by atoms with Gasteiger partial charge in [-0.1, -0.05) is 6.07 Å². The summed E-state index contributed by atoms with van der Waals surface area (Å²) in [7, 11) is 3.02. The van der Waals surface area contributed by atoms with Crippen LogP contribution < -0.4 is 20.1 Å². The second-order valence-electron chi connectivity index (χ2n) is 7.05.